The van der Waals surface area contributed by atoms with Gasteiger partial charge in [-0.2, -0.15) is 5.10 Å². The third-order valence-electron chi connectivity index (χ3n) is 3.34. The summed E-state index contributed by atoms with van der Waals surface area (Å²) in [7, 11) is 2.01. The van der Waals surface area contributed by atoms with E-state index in [4.69, 9.17) is 4.74 Å². The van der Waals surface area contributed by atoms with Gasteiger partial charge in [-0.3, -0.25) is 4.68 Å². The molecule has 1 unspecified atom stereocenters. The molecule has 4 nitrogen and oxygen atoms in total. The standard InChI is InChI=1S/C14H27N3O/c1-6-9-18-10-8-17-12(4)14(11(3)16-17)13(7-2)15-5/h13,15H,6-10H2,1-5H3. The minimum absolute atomic E-state index is 0.398. The van der Waals surface area contributed by atoms with E-state index in [2.05, 4.69) is 42.8 Å². The quantitative estimate of drug-likeness (QED) is 0.724. The Hall–Kier alpha value is -0.870. The predicted molar refractivity (Wildman–Crippen MR) is 74.9 cm³/mol. The summed E-state index contributed by atoms with van der Waals surface area (Å²) in [6.07, 6.45) is 2.15. The molecule has 1 aromatic rings. The minimum atomic E-state index is 0.398. The van der Waals surface area contributed by atoms with Crippen molar-refractivity contribution in [3.63, 3.8) is 0 Å². The summed E-state index contributed by atoms with van der Waals surface area (Å²) in [5.41, 5.74) is 3.73. The lowest BCUT2D eigenvalue weighted by molar-refractivity contribution is 0.124. The van der Waals surface area contributed by atoms with Gasteiger partial charge in [-0.1, -0.05) is 13.8 Å². The number of rotatable bonds is 8. The Balaban J connectivity index is 2.74. The number of hydrogen-bond donors (Lipinski definition) is 1. The van der Waals surface area contributed by atoms with Crippen LogP contribution in [0.4, 0.5) is 0 Å². The van der Waals surface area contributed by atoms with E-state index in [-0.39, 0.29) is 0 Å². The van der Waals surface area contributed by atoms with Crippen LogP contribution in [0.15, 0.2) is 0 Å². The zero-order valence-electron chi connectivity index (χ0n) is 12.4. The van der Waals surface area contributed by atoms with Gasteiger partial charge < -0.3 is 10.1 Å². The van der Waals surface area contributed by atoms with Gasteiger partial charge in [0, 0.05) is 23.9 Å². The first-order valence-electron chi connectivity index (χ1n) is 6.94. The van der Waals surface area contributed by atoms with Crippen LogP contribution in [0.1, 0.15) is 49.7 Å². The van der Waals surface area contributed by atoms with E-state index >= 15 is 0 Å². The number of hydrogen-bond acceptors (Lipinski definition) is 3. The van der Waals surface area contributed by atoms with Crippen LogP contribution in [0.25, 0.3) is 0 Å². The number of aryl methyl sites for hydroxylation is 1. The number of ether oxygens (including phenoxy) is 1. The van der Waals surface area contributed by atoms with Crippen LogP contribution in [-0.4, -0.2) is 30.0 Å². The zero-order chi connectivity index (χ0) is 13.5. The fourth-order valence-corrected chi connectivity index (χ4v) is 2.38. The topological polar surface area (TPSA) is 39.1 Å². The van der Waals surface area contributed by atoms with Crippen LogP contribution >= 0.6 is 0 Å². The molecule has 0 saturated heterocycles. The van der Waals surface area contributed by atoms with Crippen LogP contribution in [0.2, 0.25) is 0 Å². The smallest absolute Gasteiger partial charge is 0.0662 e. The summed E-state index contributed by atoms with van der Waals surface area (Å²) in [5, 5.41) is 7.98. The summed E-state index contributed by atoms with van der Waals surface area (Å²) < 4.78 is 7.60. The van der Waals surface area contributed by atoms with Crippen LogP contribution < -0.4 is 5.32 Å². The molecule has 1 rings (SSSR count). The van der Waals surface area contributed by atoms with Crippen LogP contribution in [0.5, 0.6) is 0 Å². The number of nitrogens with one attached hydrogen (secondary N) is 1. The first-order valence-corrected chi connectivity index (χ1v) is 6.94. The predicted octanol–water partition coefficient (Wildman–Crippen LogP) is 2.60. The van der Waals surface area contributed by atoms with Crippen molar-refractivity contribution < 1.29 is 4.74 Å². The molecule has 1 aromatic heterocycles. The monoisotopic (exact) mass is 253 g/mol. The molecule has 0 saturated carbocycles. The highest BCUT2D eigenvalue weighted by atomic mass is 16.5. The summed E-state index contributed by atoms with van der Waals surface area (Å²) >= 11 is 0. The van der Waals surface area contributed by atoms with E-state index in [1.54, 1.807) is 0 Å². The van der Waals surface area contributed by atoms with Gasteiger partial charge in [0.25, 0.3) is 0 Å². The molecule has 0 spiro atoms. The molecule has 0 aliphatic carbocycles. The normalized spacial score (nSPS) is 12.9. The van der Waals surface area contributed by atoms with E-state index in [0.29, 0.717) is 6.04 Å². The molecule has 0 aromatic carbocycles. The van der Waals surface area contributed by atoms with E-state index in [0.717, 1.165) is 38.3 Å². The molecule has 1 heterocycles. The van der Waals surface area contributed by atoms with Gasteiger partial charge in [-0.05, 0) is 33.7 Å². The van der Waals surface area contributed by atoms with E-state index in [9.17, 15) is 0 Å². The average Bonchev–Trinajstić information content (AvgIpc) is 2.64. The first kappa shape index (κ1) is 15.2. The summed E-state index contributed by atoms with van der Waals surface area (Å²) in [4.78, 5) is 0. The molecule has 0 aliphatic rings. The Bertz CT molecular complexity index is 356. The summed E-state index contributed by atoms with van der Waals surface area (Å²) in [5.74, 6) is 0. The summed E-state index contributed by atoms with van der Waals surface area (Å²) in [6, 6.07) is 0.398. The Morgan fingerprint density at radius 3 is 2.56 bits per heavy atom. The molecule has 0 amide bonds. The van der Waals surface area contributed by atoms with Crippen LogP contribution in [0.3, 0.4) is 0 Å². The van der Waals surface area contributed by atoms with Gasteiger partial charge in [-0.25, -0.2) is 0 Å². The number of aromatic nitrogens is 2. The van der Waals surface area contributed by atoms with Crippen molar-refractivity contribution in [3.8, 4) is 0 Å². The van der Waals surface area contributed by atoms with Crippen molar-refractivity contribution in [1.82, 2.24) is 15.1 Å². The van der Waals surface area contributed by atoms with Gasteiger partial charge in [0.1, 0.15) is 0 Å². The molecule has 0 radical (unpaired) electrons. The lowest BCUT2D eigenvalue weighted by atomic mass is 10.0. The fraction of sp³-hybridized carbons (Fsp3) is 0.786. The van der Waals surface area contributed by atoms with Crippen molar-refractivity contribution in [2.75, 3.05) is 20.3 Å². The Kier molecular flexibility index (Phi) is 6.36. The molecular weight excluding hydrogens is 226 g/mol. The number of nitrogens with zero attached hydrogens (tertiary/aromatic N) is 2. The maximum Gasteiger partial charge on any atom is 0.0662 e. The van der Waals surface area contributed by atoms with E-state index < -0.39 is 0 Å². The molecule has 18 heavy (non-hydrogen) atoms. The van der Waals surface area contributed by atoms with Crippen molar-refractivity contribution in [3.05, 3.63) is 17.0 Å². The Morgan fingerprint density at radius 1 is 1.28 bits per heavy atom. The molecule has 0 fully saturated rings. The molecule has 1 N–H and O–H groups in total. The van der Waals surface area contributed by atoms with Gasteiger partial charge in [0.05, 0.1) is 18.8 Å². The van der Waals surface area contributed by atoms with E-state index in [1.165, 1.54) is 11.3 Å². The largest absolute Gasteiger partial charge is 0.380 e. The Morgan fingerprint density at radius 2 is 2.00 bits per heavy atom. The highest BCUT2D eigenvalue weighted by Gasteiger charge is 2.17. The fourth-order valence-electron chi connectivity index (χ4n) is 2.38. The highest BCUT2D eigenvalue weighted by Crippen LogP contribution is 2.23. The second kappa shape index (κ2) is 7.54. The Labute approximate surface area is 111 Å². The zero-order valence-corrected chi connectivity index (χ0v) is 12.4. The SMILES string of the molecule is CCCOCCn1nc(C)c(C(CC)NC)c1C. The van der Waals surface area contributed by atoms with Crippen LogP contribution in [0, 0.1) is 13.8 Å². The first-order chi connectivity index (χ1) is 8.65. The minimum Gasteiger partial charge on any atom is -0.380 e. The van der Waals surface area contributed by atoms with Gasteiger partial charge >= 0.3 is 0 Å². The van der Waals surface area contributed by atoms with Gasteiger partial charge in [0.15, 0.2) is 0 Å². The molecule has 0 bridgehead atoms. The van der Waals surface area contributed by atoms with E-state index in [1.807, 2.05) is 7.05 Å². The second-order valence-electron chi connectivity index (χ2n) is 4.67. The molecular formula is C14H27N3O. The van der Waals surface area contributed by atoms with Crippen LogP contribution in [-0.2, 0) is 11.3 Å². The summed E-state index contributed by atoms with van der Waals surface area (Å²) in [6.45, 7) is 11.0. The van der Waals surface area contributed by atoms with Crippen molar-refractivity contribution >= 4 is 0 Å². The molecule has 0 aliphatic heterocycles. The maximum atomic E-state index is 5.53. The molecule has 1 atom stereocenters. The highest BCUT2D eigenvalue weighted by molar-refractivity contribution is 5.28. The third-order valence-corrected chi connectivity index (χ3v) is 3.34. The lowest BCUT2D eigenvalue weighted by Crippen LogP contribution is -2.17. The average molecular weight is 253 g/mol. The maximum absolute atomic E-state index is 5.53. The molecule has 4 heteroatoms. The van der Waals surface area contributed by atoms with Crippen molar-refractivity contribution in [2.45, 2.75) is 53.1 Å². The van der Waals surface area contributed by atoms with Crippen molar-refractivity contribution in [2.24, 2.45) is 0 Å². The molecule has 104 valence electrons. The lowest BCUT2D eigenvalue weighted by Gasteiger charge is -2.14. The second-order valence-corrected chi connectivity index (χ2v) is 4.67. The van der Waals surface area contributed by atoms with Crippen molar-refractivity contribution in [1.29, 1.82) is 0 Å². The third kappa shape index (κ3) is 3.56. The van der Waals surface area contributed by atoms with Gasteiger partial charge in [-0.15, -0.1) is 0 Å². The van der Waals surface area contributed by atoms with Gasteiger partial charge in [0.2, 0.25) is 0 Å².